The van der Waals surface area contributed by atoms with Gasteiger partial charge < -0.3 is 14.5 Å². The molecule has 0 N–H and O–H groups in total. The molecule has 2 atom stereocenters. The van der Waals surface area contributed by atoms with Crippen molar-refractivity contribution in [3.63, 3.8) is 0 Å². The summed E-state index contributed by atoms with van der Waals surface area (Å²) in [5.41, 5.74) is 1.05. The summed E-state index contributed by atoms with van der Waals surface area (Å²) in [5.74, 6) is -0.391. The molecule has 0 aliphatic carbocycles. The molecule has 5 nitrogen and oxygen atoms in total. The second-order valence-electron chi connectivity index (χ2n) is 9.10. The van der Waals surface area contributed by atoms with E-state index in [2.05, 4.69) is 0 Å². The van der Waals surface area contributed by atoms with E-state index in [9.17, 15) is 14.0 Å². The number of nitrogens with zero attached hydrogens (tertiary/aromatic N) is 2. The maximum absolute atomic E-state index is 14.4. The van der Waals surface area contributed by atoms with E-state index in [1.807, 2.05) is 25.3 Å². The van der Waals surface area contributed by atoms with Crippen LogP contribution in [0.5, 0.6) is 5.75 Å². The Morgan fingerprint density at radius 3 is 2.67 bits per heavy atom. The fraction of sp³-hybridized carbons (Fsp3) is 0.357. The van der Waals surface area contributed by atoms with Crippen LogP contribution in [0.4, 0.5) is 4.39 Å². The number of rotatable bonds is 9. The van der Waals surface area contributed by atoms with E-state index in [-0.39, 0.29) is 36.6 Å². The van der Waals surface area contributed by atoms with Gasteiger partial charge in [-0.25, -0.2) is 4.39 Å². The van der Waals surface area contributed by atoms with Gasteiger partial charge in [0.2, 0.25) is 5.91 Å². The molecule has 0 fully saturated rings. The van der Waals surface area contributed by atoms with Crippen LogP contribution in [0.15, 0.2) is 60.0 Å². The normalized spacial score (nSPS) is 15.8. The zero-order valence-electron chi connectivity index (χ0n) is 20.5. The van der Waals surface area contributed by atoms with E-state index in [4.69, 9.17) is 16.3 Å². The average molecular weight is 529 g/mol. The van der Waals surface area contributed by atoms with Gasteiger partial charge in [-0.05, 0) is 65.7 Å². The molecule has 0 bridgehead atoms. The van der Waals surface area contributed by atoms with E-state index in [0.29, 0.717) is 23.9 Å². The summed E-state index contributed by atoms with van der Waals surface area (Å²) in [6.45, 7) is 5.13. The number of hydrogen-bond acceptors (Lipinski definition) is 4. The zero-order valence-corrected chi connectivity index (χ0v) is 22.0. The summed E-state index contributed by atoms with van der Waals surface area (Å²) in [6, 6.07) is 14.8. The predicted molar refractivity (Wildman–Crippen MR) is 141 cm³/mol. The maximum Gasteiger partial charge on any atom is 0.257 e. The number of amides is 2. The van der Waals surface area contributed by atoms with Crippen molar-refractivity contribution in [1.82, 2.24) is 9.80 Å². The van der Waals surface area contributed by atoms with Crippen LogP contribution < -0.4 is 4.74 Å². The van der Waals surface area contributed by atoms with Gasteiger partial charge in [0.15, 0.2) is 0 Å². The second kappa shape index (κ2) is 11.9. The first kappa shape index (κ1) is 26.2. The molecule has 0 spiro atoms. The van der Waals surface area contributed by atoms with Crippen LogP contribution in [0.25, 0.3) is 0 Å². The first-order valence-electron chi connectivity index (χ1n) is 12.1. The van der Waals surface area contributed by atoms with Gasteiger partial charge in [-0.3, -0.25) is 9.59 Å². The van der Waals surface area contributed by atoms with Crippen molar-refractivity contribution in [2.45, 2.75) is 32.7 Å². The minimum Gasteiger partial charge on any atom is -0.491 e. The first-order chi connectivity index (χ1) is 17.4. The van der Waals surface area contributed by atoms with Gasteiger partial charge in [0.1, 0.15) is 24.7 Å². The third-order valence-corrected chi connectivity index (χ3v) is 7.83. The monoisotopic (exact) mass is 528 g/mol. The van der Waals surface area contributed by atoms with Crippen LogP contribution >= 0.6 is 22.9 Å². The topological polar surface area (TPSA) is 49.9 Å². The third kappa shape index (κ3) is 6.08. The molecule has 2 unspecified atom stereocenters. The van der Waals surface area contributed by atoms with Crippen LogP contribution in [0.1, 0.15) is 47.1 Å². The zero-order chi connectivity index (χ0) is 25.7. The molecule has 1 aromatic heterocycles. The van der Waals surface area contributed by atoms with Crippen LogP contribution in [-0.4, -0.2) is 47.9 Å². The van der Waals surface area contributed by atoms with Gasteiger partial charge >= 0.3 is 0 Å². The Labute approximate surface area is 220 Å². The Morgan fingerprint density at radius 2 is 1.94 bits per heavy atom. The smallest absolute Gasteiger partial charge is 0.257 e. The van der Waals surface area contributed by atoms with Crippen molar-refractivity contribution < 1.29 is 18.7 Å². The maximum atomic E-state index is 14.4. The molecule has 1 aliphatic rings. The van der Waals surface area contributed by atoms with Gasteiger partial charge in [-0.1, -0.05) is 44.0 Å². The van der Waals surface area contributed by atoms with Gasteiger partial charge in [0.05, 0.1) is 11.6 Å². The van der Waals surface area contributed by atoms with E-state index in [1.165, 1.54) is 21.9 Å². The third-order valence-electron chi connectivity index (χ3n) is 6.58. The molecular formula is C28H30ClFN2O3S. The van der Waals surface area contributed by atoms with Gasteiger partial charge in [0, 0.05) is 23.0 Å². The Balaban J connectivity index is 1.55. The van der Waals surface area contributed by atoms with E-state index in [0.717, 1.165) is 18.4 Å². The number of fused-ring (bicyclic) bond motifs is 1. The van der Waals surface area contributed by atoms with Crippen LogP contribution in [0.3, 0.4) is 0 Å². The predicted octanol–water partition coefficient (Wildman–Crippen LogP) is 6.23. The highest BCUT2D eigenvalue weighted by Gasteiger charge is 2.34. The number of carbonyl (C=O) groups is 2. The molecule has 1 aliphatic heterocycles. The summed E-state index contributed by atoms with van der Waals surface area (Å²) < 4.78 is 20.5. The fourth-order valence-corrected chi connectivity index (χ4v) is 5.42. The lowest BCUT2D eigenvalue weighted by atomic mass is 10.00. The Morgan fingerprint density at radius 1 is 1.19 bits per heavy atom. The Hall–Kier alpha value is -2.90. The van der Waals surface area contributed by atoms with Crippen LogP contribution in [0, 0.1) is 11.7 Å². The summed E-state index contributed by atoms with van der Waals surface area (Å²) in [4.78, 5) is 31.5. The molecule has 3 aromatic rings. The molecule has 0 saturated carbocycles. The molecule has 190 valence electrons. The molecule has 36 heavy (non-hydrogen) atoms. The second-order valence-corrected chi connectivity index (χ2v) is 10.5. The fourth-order valence-electron chi connectivity index (χ4n) is 4.36. The van der Waals surface area contributed by atoms with Crippen LogP contribution in [-0.2, 0) is 11.2 Å². The van der Waals surface area contributed by atoms with E-state index >= 15 is 0 Å². The summed E-state index contributed by atoms with van der Waals surface area (Å²) >= 11 is 7.67. The Bertz CT molecular complexity index is 1200. The lowest BCUT2D eigenvalue weighted by molar-refractivity contribution is -0.135. The number of thiophene rings is 1. The van der Waals surface area contributed by atoms with E-state index in [1.54, 1.807) is 52.6 Å². The van der Waals surface area contributed by atoms with Gasteiger partial charge in [0.25, 0.3) is 5.91 Å². The van der Waals surface area contributed by atoms with Crippen molar-refractivity contribution in [2.75, 3.05) is 26.2 Å². The molecule has 0 radical (unpaired) electrons. The number of hydrogen-bond donors (Lipinski definition) is 0. The summed E-state index contributed by atoms with van der Waals surface area (Å²) in [6.07, 6.45) is 1.59. The van der Waals surface area contributed by atoms with Crippen molar-refractivity contribution >= 4 is 34.8 Å². The highest BCUT2D eigenvalue weighted by Crippen LogP contribution is 2.34. The van der Waals surface area contributed by atoms with Crippen LogP contribution in [0.2, 0.25) is 5.02 Å². The van der Waals surface area contributed by atoms with Crippen molar-refractivity contribution in [3.05, 3.63) is 86.8 Å². The summed E-state index contributed by atoms with van der Waals surface area (Å²) in [7, 11) is 0. The first-order valence-corrected chi connectivity index (χ1v) is 13.4. The van der Waals surface area contributed by atoms with Crippen molar-refractivity contribution in [2.24, 2.45) is 5.92 Å². The quantitative estimate of drug-likeness (QED) is 0.330. The number of carbonyl (C=O) groups excluding carboxylic acids is 2. The summed E-state index contributed by atoms with van der Waals surface area (Å²) in [5, 5.41) is 2.66. The molecule has 4 rings (SSSR count). The minimum atomic E-state index is -0.584. The standard InChI is InChI=1S/C28H30ClFN2O3S/c1-3-19(2)16-31(28(34)22-6-4-5-7-24(22)30)17-27(33)32-14-12-26-23(13-15-36-26)25(32)18-35-21-10-8-20(29)9-11-21/h4-11,13,15,19,25H,3,12,14,16-18H2,1-2H3. The Kier molecular flexibility index (Phi) is 8.64. The molecule has 8 heteroatoms. The SMILES string of the molecule is CCC(C)CN(CC(=O)N1CCc2sccc2C1COc1ccc(Cl)cc1)C(=O)c1ccccc1F. The highest BCUT2D eigenvalue weighted by atomic mass is 35.5. The molecule has 2 aromatic carbocycles. The molecule has 2 heterocycles. The number of ether oxygens (including phenoxy) is 1. The highest BCUT2D eigenvalue weighted by molar-refractivity contribution is 7.10. The molecular weight excluding hydrogens is 499 g/mol. The lowest BCUT2D eigenvalue weighted by Gasteiger charge is -2.37. The van der Waals surface area contributed by atoms with Crippen molar-refractivity contribution in [3.8, 4) is 5.75 Å². The van der Waals surface area contributed by atoms with E-state index < -0.39 is 11.7 Å². The average Bonchev–Trinajstić information content (AvgIpc) is 3.36. The van der Waals surface area contributed by atoms with Gasteiger partial charge in [-0.2, -0.15) is 0 Å². The lowest BCUT2D eigenvalue weighted by Crippen LogP contribution is -2.48. The molecule has 2 amide bonds. The van der Waals surface area contributed by atoms with Gasteiger partial charge in [-0.15, -0.1) is 11.3 Å². The van der Waals surface area contributed by atoms with Crippen molar-refractivity contribution in [1.29, 1.82) is 0 Å². The molecule has 0 saturated heterocycles. The largest absolute Gasteiger partial charge is 0.491 e. The number of benzene rings is 2. The number of halogens is 2. The minimum absolute atomic E-state index is 0.0185.